The first-order valence-electron chi connectivity index (χ1n) is 8.40. The van der Waals surface area contributed by atoms with E-state index in [9.17, 15) is 4.79 Å². The molecule has 0 bridgehead atoms. The summed E-state index contributed by atoms with van der Waals surface area (Å²) >= 11 is 0. The first-order valence-corrected chi connectivity index (χ1v) is 8.40. The minimum absolute atomic E-state index is 0.0433. The molecule has 0 spiro atoms. The van der Waals surface area contributed by atoms with Crippen molar-refractivity contribution in [1.29, 1.82) is 0 Å². The highest BCUT2D eigenvalue weighted by molar-refractivity contribution is 5.95. The molecule has 5 nitrogen and oxygen atoms in total. The van der Waals surface area contributed by atoms with Crippen molar-refractivity contribution in [2.24, 2.45) is 7.05 Å². The van der Waals surface area contributed by atoms with Gasteiger partial charge < -0.3 is 4.57 Å². The molecule has 25 heavy (non-hydrogen) atoms. The standard InChI is InChI=1S/C20H22N4O/c1-14-7-8-21-18(9-14)19(25)12-16-5-4-6-17(11-16)15(2)10-20-23-22-13-24(20)3/h4-9,11,13,15H,10,12H2,1-3H3/t15-/m1/s1. The van der Waals surface area contributed by atoms with Crippen molar-refractivity contribution in [1.82, 2.24) is 19.7 Å². The van der Waals surface area contributed by atoms with Crippen LogP contribution in [-0.4, -0.2) is 25.5 Å². The van der Waals surface area contributed by atoms with Gasteiger partial charge in [0.15, 0.2) is 5.78 Å². The van der Waals surface area contributed by atoms with Gasteiger partial charge >= 0.3 is 0 Å². The number of aryl methyl sites for hydroxylation is 2. The number of nitrogens with zero attached hydrogens (tertiary/aromatic N) is 4. The molecular weight excluding hydrogens is 312 g/mol. The van der Waals surface area contributed by atoms with E-state index in [1.807, 2.05) is 42.8 Å². The van der Waals surface area contributed by atoms with Gasteiger partial charge in [-0.15, -0.1) is 10.2 Å². The summed E-state index contributed by atoms with van der Waals surface area (Å²) in [5.41, 5.74) is 3.78. The number of carbonyl (C=O) groups excluding carboxylic acids is 1. The molecule has 0 aliphatic heterocycles. The normalized spacial score (nSPS) is 12.1. The largest absolute Gasteiger partial charge is 0.321 e. The Morgan fingerprint density at radius 3 is 2.80 bits per heavy atom. The Hall–Kier alpha value is -2.82. The lowest BCUT2D eigenvalue weighted by atomic mass is 9.94. The third-order valence-corrected chi connectivity index (χ3v) is 4.38. The molecule has 0 saturated carbocycles. The maximum Gasteiger partial charge on any atom is 0.185 e. The van der Waals surface area contributed by atoms with Gasteiger partial charge in [0, 0.05) is 26.1 Å². The van der Waals surface area contributed by atoms with E-state index in [2.05, 4.69) is 34.2 Å². The van der Waals surface area contributed by atoms with Crippen molar-refractivity contribution in [2.45, 2.75) is 32.6 Å². The van der Waals surface area contributed by atoms with E-state index in [0.717, 1.165) is 23.4 Å². The van der Waals surface area contributed by atoms with Crippen molar-refractivity contribution in [2.75, 3.05) is 0 Å². The summed E-state index contributed by atoms with van der Waals surface area (Å²) in [6, 6.07) is 11.9. The molecule has 3 rings (SSSR count). The Bertz CT molecular complexity index is 885. The third kappa shape index (κ3) is 4.18. The zero-order valence-electron chi connectivity index (χ0n) is 14.8. The number of pyridine rings is 1. The highest BCUT2D eigenvalue weighted by atomic mass is 16.1. The minimum atomic E-state index is 0.0433. The fourth-order valence-electron chi connectivity index (χ4n) is 2.86. The number of benzene rings is 1. The van der Waals surface area contributed by atoms with Crippen LogP contribution in [0, 0.1) is 6.92 Å². The fourth-order valence-corrected chi connectivity index (χ4v) is 2.86. The van der Waals surface area contributed by atoms with E-state index in [-0.39, 0.29) is 5.78 Å². The second kappa shape index (κ2) is 7.38. The van der Waals surface area contributed by atoms with Gasteiger partial charge in [-0.2, -0.15) is 0 Å². The van der Waals surface area contributed by atoms with E-state index in [0.29, 0.717) is 18.0 Å². The number of carbonyl (C=O) groups is 1. The zero-order chi connectivity index (χ0) is 17.8. The van der Waals surface area contributed by atoms with E-state index in [4.69, 9.17) is 0 Å². The van der Waals surface area contributed by atoms with Gasteiger partial charge in [-0.1, -0.05) is 31.2 Å². The summed E-state index contributed by atoms with van der Waals surface area (Å²) < 4.78 is 1.94. The van der Waals surface area contributed by atoms with Crippen molar-refractivity contribution in [3.05, 3.63) is 77.1 Å². The van der Waals surface area contributed by atoms with Crippen LogP contribution >= 0.6 is 0 Å². The quantitative estimate of drug-likeness (QED) is 0.649. The molecule has 3 aromatic rings. The zero-order valence-corrected chi connectivity index (χ0v) is 14.8. The molecule has 1 atom stereocenters. The first-order chi connectivity index (χ1) is 12.0. The van der Waals surface area contributed by atoms with E-state index >= 15 is 0 Å². The summed E-state index contributed by atoms with van der Waals surface area (Å²) in [7, 11) is 1.95. The highest BCUT2D eigenvalue weighted by Crippen LogP contribution is 2.21. The van der Waals surface area contributed by atoms with Crippen LogP contribution in [0.1, 0.15) is 45.8 Å². The van der Waals surface area contributed by atoms with Gasteiger partial charge in [0.25, 0.3) is 0 Å². The number of rotatable bonds is 6. The van der Waals surface area contributed by atoms with Crippen LogP contribution in [0.5, 0.6) is 0 Å². The smallest absolute Gasteiger partial charge is 0.185 e. The topological polar surface area (TPSA) is 60.7 Å². The van der Waals surface area contributed by atoms with Crippen LogP contribution < -0.4 is 0 Å². The van der Waals surface area contributed by atoms with Crippen LogP contribution in [0.25, 0.3) is 0 Å². The molecule has 1 aromatic carbocycles. The molecule has 0 saturated heterocycles. The number of Topliss-reactive ketones (excluding diaryl/α,β-unsaturated/α-hetero) is 1. The molecule has 0 aliphatic rings. The van der Waals surface area contributed by atoms with Crippen LogP contribution in [0.4, 0.5) is 0 Å². The van der Waals surface area contributed by atoms with Crippen LogP contribution in [0.15, 0.2) is 48.9 Å². The molecule has 5 heteroatoms. The summed E-state index contributed by atoms with van der Waals surface area (Å²) in [4.78, 5) is 16.6. The molecule has 0 unspecified atom stereocenters. The Morgan fingerprint density at radius 1 is 1.24 bits per heavy atom. The Morgan fingerprint density at radius 2 is 2.08 bits per heavy atom. The molecule has 0 amide bonds. The molecule has 2 aromatic heterocycles. The molecule has 128 valence electrons. The highest BCUT2D eigenvalue weighted by Gasteiger charge is 2.13. The molecule has 0 fully saturated rings. The Labute approximate surface area is 147 Å². The van der Waals surface area contributed by atoms with Crippen LogP contribution in [-0.2, 0) is 19.9 Å². The lowest BCUT2D eigenvalue weighted by Gasteiger charge is -2.12. The average molecular weight is 334 g/mol. The maximum atomic E-state index is 12.5. The van der Waals surface area contributed by atoms with Crippen molar-refractivity contribution in [3.63, 3.8) is 0 Å². The van der Waals surface area contributed by atoms with E-state index in [1.165, 1.54) is 5.56 Å². The van der Waals surface area contributed by atoms with Gasteiger partial charge in [0.05, 0.1) is 0 Å². The SMILES string of the molecule is Cc1ccnc(C(=O)Cc2cccc([C@H](C)Cc3nncn3C)c2)c1. The van der Waals surface area contributed by atoms with Crippen molar-refractivity contribution >= 4 is 5.78 Å². The van der Waals surface area contributed by atoms with E-state index in [1.54, 1.807) is 12.5 Å². The summed E-state index contributed by atoms with van der Waals surface area (Å²) in [5.74, 6) is 1.30. The molecule has 0 aliphatic carbocycles. The van der Waals surface area contributed by atoms with Gasteiger partial charge in [0.1, 0.15) is 17.8 Å². The van der Waals surface area contributed by atoms with Crippen molar-refractivity contribution < 1.29 is 4.79 Å². The fraction of sp³-hybridized carbons (Fsp3) is 0.300. The van der Waals surface area contributed by atoms with Gasteiger partial charge in [0.2, 0.25) is 0 Å². The second-order valence-corrected chi connectivity index (χ2v) is 6.53. The minimum Gasteiger partial charge on any atom is -0.321 e. The van der Waals surface area contributed by atoms with Crippen molar-refractivity contribution in [3.8, 4) is 0 Å². The van der Waals surface area contributed by atoms with Crippen LogP contribution in [0.3, 0.4) is 0 Å². The van der Waals surface area contributed by atoms with Gasteiger partial charge in [-0.25, -0.2) is 0 Å². The number of aromatic nitrogens is 4. The monoisotopic (exact) mass is 334 g/mol. The number of hydrogen-bond acceptors (Lipinski definition) is 4. The molecule has 2 heterocycles. The first kappa shape index (κ1) is 17.0. The average Bonchev–Trinajstić information content (AvgIpc) is 3.00. The van der Waals surface area contributed by atoms with Crippen LogP contribution in [0.2, 0.25) is 0 Å². The summed E-state index contributed by atoms with van der Waals surface area (Å²) in [6.07, 6.45) is 4.57. The number of ketones is 1. The lowest BCUT2D eigenvalue weighted by molar-refractivity contribution is 0.0988. The molecule has 0 radical (unpaired) electrons. The third-order valence-electron chi connectivity index (χ3n) is 4.38. The Balaban J connectivity index is 1.73. The summed E-state index contributed by atoms with van der Waals surface area (Å²) in [5, 5.41) is 8.08. The second-order valence-electron chi connectivity index (χ2n) is 6.53. The van der Waals surface area contributed by atoms with E-state index < -0.39 is 0 Å². The van der Waals surface area contributed by atoms with Gasteiger partial charge in [-0.3, -0.25) is 9.78 Å². The van der Waals surface area contributed by atoms with Gasteiger partial charge in [-0.05, 0) is 41.7 Å². The lowest BCUT2D eigenvalue weighted by Crippen LogP contribution is -2.08. The molecule has 0 N–H and O–H groups in total. The predicted molar refractivity (Wildman–Crippen MR) is 96.6 cm³/mol. The Kier molecular flexibility index (Phi) is 5.03. The maximum absolute atomic E-state index is 12.5. The predicted octanol–water partition coefficient (Wildman–Crippen LogP) is 3.29. The summed E-state index contributed by atoms with van der Waals surface area (Å²) in [6.45, 7) is 4.13. The molecular formula is C20H22N4O. The number of hydrogen-bond donors (Lipinski definition) is 0.